The van der Waals surface area contributed by atoms with Crippen molar-refractivity contribution in [2.75, 3.05) is 19.6 Å². The average molecular weight is 288 g/mol. The monoisotopic (exact) mass is 288 g/mol. The van der Waals surface area contributed by atoms with Crippen molar-refractivity contribution >= 4 is 0 Å². The summed E-state index contributed by atoms with van der Waals surface area (Å²) in [4.78, 5) is 2.71. The van der Waals surface area contributed by atoms with Crippen molar-refractivity contribution in [3.05, 3.63) is 35.4 Å². The van der Waals surface area contributed by atoms with Gasteiger partial charge in [-0.1, -0.05) is 52.0 Å². The normalized spacial score (nSPS) is 18.5. The van der Waals surface area contributed by atoms with Crippen molar-refractivity contribution in [2.24, 2.45) is 11.8 Å². The van der Waals surface area contributed by atoms with Crippen LogP contribution in [-0.4, -0.2) is 24.5 Å². The molecule has 0 saturated carbocycles. The Balaban J connectivity index is 2.12. The van der Waals surface area contributed by atoms with E-state index < -0.39 is 0 Å². The lowest BCUT2D eigenvalue weighted by atomic mass is 9.94. The van der Waals surface area contributed by atoms with Crippen LogP contribution >= 0.6 is 0 Å². The first kappa shape index (κ1) is 16.5. The topological polar surface area (TPSA) is 15.3 Å². The molecule has 0 radical (unpaired) electrons. The Bertz CT molecular complexity index is 413. The van der Waals surface area contributed by atoms with E-state index in [1.165, 1.54) is 31.5 Å². The number of fused-ring (bicyclic) bond motifs is 1. The predicted molar refractivity (Wildman–Crippen MR) is 91.4 cm³/mol. The highest BCUT2D eigenvalue weighted by Gasteiger charge is 2.25. The van der Waals surface area contributed by atoms with Crippen molar-refractivity contribution in [1.29, 1.82) is 0 Å². The zero-order valence-corrected chi connectivity index (χ0v) is 14.2. The van der Waals surface area contributed by atoms with Crippen LogP contribution in [0.5, 0.6) is 0 Å². The van der Waals surface area contributed by atoms with Crippen molar-refractivity contribution in [2.45, 2.75) is 53.1 Å². The second-order valence-electron chi connectivity index (χ2n) is 7.25. The fraction of sp³-hybridized carbons (Fsp3) is 0.684. The summed E-state index contributed by atoms with van der Waals surface area (Å²) in [5.74, 6) is 1.55. The first-order valence-electron chi connectivity index (χ1n) is 8.60. The molecule has 1 aromatic carbocycles. The number of nitrogens with zero attached hydrogens (tertiary/aromatic N) is 1. The Kier molecular flexibility index (Phi) is 6.25. The largest absolute Gasteiger partial charge is 0.311 e. The number of hydrogen-bond donors (Lipinski definition) is 1. The minimum Gasteiger partial charge on any atom is -0.311 e. The minimum absolute atomic E-state index is 0.549. The van der Waals surface area contributed by atoms with Crippen molar-refractivity contribution < 1.29 is 0 Å². The summed E-state index contributed by atoms with van der Waals surface area (Å²) in [5, 5.41) is 3.61. The maximum atomic E-state index is 3.61. The van der Waals surface area contributed by atoms with Crippen LogP contribution in [0.25, 0.3) is 0 Å². The van der Waals surface area contributed by atoms with Gasteiger partial charge in [-0.25, -0.2) is 0 Å². The van der Waals surface area contributed by atoms with E-state index in [2.05, 4.69) is 62.2 Å². The maximum absolute atomic E-state index is 3.61. The molecule has 1 aromatic rings. The Labute approximate surface area is 130 Å². The fourth-order valence-corrected chi connectivity index (χ4v) is 3.07. The van der Waals surface area contributed by atoms with Crippen LogP contribution < -0.4 is 5.32 Å². The van der Waals surface area contributed by atoms with E-state index in [1.54, 1.807) is 5.56 Å². The molecule has 0 aliphatic carbocycles. The van der Waals surface area contributed by atoms with Crippen LogP contribution in [0, 0.1) is 11.8 Å². The highest BCUT2D eigenvalue weighted by Crippen LogP contribution is 2.28. The van der Waals surface area contributed by atoms with Crippen molar-refractivity contribution in [1.82, 2.24) is 10.2 Å². The molecule has 1 aliphatic heterocycles. The molecule has 1 heterocycles. The molecule has 21 heavy (non-hydrogen) atoms. The van der Waals surface area contributed by atoms with E-state index in [9.17, 15) is 0 Å². The molecular formula is C19H32N2. The van der Waals surface area contributed by atoms with E-state index in [1.807, 2.05) is 0 Å². The van der Waals surface area contributed by atoms with E-state index in [-0.39, 0.29) is 0 Å². The zero-order valence-electron chi connectivity index (χ0n) is 14.2. The molecular weight excluding hydrogens is 256 g/mol. The average Bonchev–Trinajstić information content (AvgIpc) is 2.46. The molecule has 0 saturated heterocycles. The van der Waals surface area contributed by atoms with Gasteiger partial charge in [0.15, 0.2) is 0 Å². The smallest absolute Gasteiger partial charge is 0.0476 e. The lowest BCUT2D eigenvalue weighted by molar-refractivity contribution is 0.167. The molecule has 0 aromatic heterocycles. The third kappa shape index (κ3) is 4.82. The number of rotatable bonds is 7. The van der Waals surface area contributed by atoms with Gasteiger partial charge in [-0.2, -0.15) is 0 Å². The first-order valence-corrected chi connectivity index (χ1v) is 8.60. The molecule has 1 aliphatic rings. The van der Waals surface area contributed by atoms with Crippen LogP contribution in [-0.2, 0) is 6.54 Å². The van der Waals surface area contributed by atoms with Gasteiger partial charge in [0.2, 0.25) is 0 Å². The van der Waals surface area contributed by atoms with E-state index in [0.29, 0.717) is 6.04 Å². The van der Waals surface area contributed by atoms with Gasteiger partial charge in [0.1, 0.15) is 0 Å². The molecule has 118 valence electrons. The van der Waals surface area contributed by atoms with Gasteiger partial charge in [0.25, 0.3) is 0 Å². The predicted octanol–water partition coefficient (Wildman–Crippen LogP) is 4.23. The number of benzene rings is 1. The van der Waals surface area contributed by atoms with E-state index in [0.717, 1.165) is 24.9 Å². The Morgan fingerprint density at radius 1 is 1.05 bits per heavy atom. The van der Waals surface area contributed by atoms with E-state index >= 15 is 0 Å². The number of hydrogen-bond acceptors (Lipinski definition) is 2. The summed E-state index contributed by atoms with van der Waals surface area (Å²) in [6.45, 7) is 13.8. The maximum Gasteiger partial charge on any atom is 0.0476 e. The van der Waals surface area contributed by atoms with Crippen LogP contribution in [0.15, 0.2) is 24.3 Å². The quantitative estimate of drug-likeness (QED) is 0.808. The lowest BCUT2D eigenvalue weighted by Gasteiger charge is -2.37. The van der Waals surface area contributed by atoms with Gasteiger partial charge in [0.05, 0.1) is 0 Å². The summed E-state index contributed by atoms with van der Waals surface area (Å²) in [6.07, 6.45) is 2.58. The molecule has 1 atom stereocenters. The molecule has 0 spiro atoms. The van der Waals surface area contributed by atoms with Crippen LogP contribution in [0.1, 0.15) is 57.7 Å². The second kappa shape index (κ2) is 7.95. The zero-order chi connectivity index (χ0) is 15.2. The van der Waals surface area contributed by atoms with Gasteiger partial charge in [0, 0.05) is 19.1 Å². The van der Waals surface area contributed by atoms with E-state index in [4.69, 9.17) is 0 Å². The molecule has 0 amide bonds. The fourth-order valence-electron chi connectivity index (χ4n) is 3.07. The van der Waals surface area contributed by atoms with Gasteiger partial charge < -0.3 is 5.32 Å². The SMILES string of the molecule is CC(C)CCN(CCC(C)C)C1CNCc2ccccc21. The van der Waals surface area contributed by atoms with Crippen LogP contribution in [0.4, 0.5) is 0 Å². The molecule has 1 N–H and O–H groups in total. The Morgan fingerprint density at radius 3 is 2.29 bits per heavy atom. The van der Waals surface area contributed by atoms with Gasteiger partial charge in [-0.15, -0.1) is 0 Å². The third-order valence-corrected chi connectivity index (χ3v) is 4.50. The van der Waals surface area contributed by atoms with Gasteiger partial charge in [-0.3, -0.25) is 4.90 Å². The molecule has 1 unspecified atom stereocenters. The summed E-state index contributed by atoms with van der Waals surface area (Å²) >= 11 is 0. The van der Waals surface area contributed by atoms with Crippen LogP contribution in [0.3, 0.4) is 0 Å². The summed E-state index contributed by atoms with van der Waals surface area (Å²) in [6, 6.07) is 9.51. The highest BCUT2D eigenvalue weighted by molar-refractivity contribution is 5.32. The molecule has 2 nitrogen and oxygen atoms in total. The second-order valence-corrected chi connectivity index (χ2v) is 7.25. The molecule has 2 heteroatoms. The lowest BCUT2D eigenvalue weighted by Crippen LogP contribution is -2.41. The standard InChI is InChI=1S/C19H32N2/c1-15(2)9-11-21(12-10-16(3)4)19-14-20-13-17-7-5-6-8-18(17)19/h5-8,15-16,19-20H,9-14H2,1-4H3. The number of nitrogens with one attached hydrogen (secondary N) is 1. The molecule has 2 rings (SSSR count). The van der Waals surface area contributed by atoms with Gasteiger partial charge in [-0.05, 0) is 48.9 Å². The van der Waals surface area contributed by atoms with Crippen molar-refractivity contribution in [3.8, 4) is 0 Å². The Hall–Kier alpha value is -0.860. The summed E-state index contributed by atoms with van der Waals surface area (Å²) in [7, 11) is 0. The molecule has 0 bridgehead atoms. The van der Waals surface area contributed by atoms with Crippen LogP contribution in [0.2, 0.25) is 0 Å². The van der Waals surface area contributed by atoms with Gasteiger partial charge >= 0.3 is 0 Å². The minimum atomic E-state index is 0.549. The van der Waals surface area contributed by atoms with Crippen molar-refractivity contribution in [3.63, 3.8) is 0 Å². The first-order chi connectivity index (χ1) is 10.1. The molecule has 0 fully saturated rings. The third-order valence-electron chi connectivity index (χ3n) is 4.50. The highest BCUT2D eigenvalue weighted by atomic mass is 15.2. The summed E-state index contributed by atoms with van der Waals surface area (Å²) < 4.78 is 0. The Morgan fingerprint density at radius 2 is 1.67 bits per heavy atom. The summed E-state index contributed by atoms with van der Waals surface area (Å²) in [5.41, 5.74) is 3.02.